The molecule has 0 spiro atoms. The molecule has 1 fully saturated rings. The molecule has 4 rings (SSSR count). The number of nitrogens with zero attached hydrogens (tertiary/aromatic N) is 2. The molecule has 0 bridgehead atoms. The van der Waals surface area contributed by atoms with E-state index in [4.69, 9.17) is 10.5 Å². The number of carboxylic acids is 1. The zero-order chi connectivity index (χ0) is 26.5. The highest BCUT2D eigenvalue weighted by Gasteiger charge is 2.34. The molecule has 3 aromatic rings. The maximum Gasteiger partial charge on any atom is 0.308 e. The van der Waals surface area contributed by atoms with Gasteiger partial charge in [-0.25, -0.2) is 13.2 Å². The van der Waals surface area contributed by atoms with E-state index in [9.17, 15) is 23.1 Å². The molecule has 2 heterocycles. The van der Waals surface area contributed by atoms with Crippen LogP contribution in [0, 0.1) is 29.3 Å². The van der Waals surface area contributed by atoms with Gasteiger partial charge in [0.15, 0.2) is 0 Å². The SMILES string of the molecule is COc1ccc2ncc(F)c([C@H](N)CCC3CCN(CCSc4cc(F)cc(F)c4)CC3C(=O)O)c2c1. The second-order valence-corrected chi connectivity index (χ2v) is 10.5. The van der Waals surface area contributed by atoms with Crippen molar-refractivity contribution in [3.63, 3.8) is 0 Å². The molecular formula is C27H30F3N3O3S. The quantitative estimate of drug-likeness (QED) is 0.344. The van der Waals surface area contributed by atoms with E-state index in [0.717, 1.165) is 6.07 Å². The number of hydrogen-bond acceptors (Lipinski definition) is 6. The molecule has 198 valence electrons. The Labute approximate surface area is 218 Å². The normalized spacial score (nSPS) is 19.2. The summed E-state index contributed by atoms with van der Waals surface area (Å²) in [5.41, 5.74) is 7.41. The molecule has 0 aliphatic carbocycles. The zero-order valence-electron chi connectivity index (χ0n) is 20.5. The molecule has 0 amide bonds. The molecule has 1 aliphatic rings. The second kappa shape index (κ2) is 12.1. The first-order chi connectivity index (χ1) is 17.7. The molecule has 1 aromatic heterocycles. The number of carbonyl (C=O) groups is 1. The summed E-state index contributed by atoms with van der Waals surface area (Å²) in [6.45, 7) is 1.71. The van der Waals surface area contributed by atoms with Gasteiger partial charge in [0.1, 0.15) is 23.2 Å². The van der Waals surface area contributed by atoms with E-state index in [2.05, 4.69) is 9.88 Å². The molecule has 0 radical (unpaired) electrons. The van der Waals surface area contributed by atoms with Crippen molar-refractivity contribution in [1.82, 2.24) is 9.88 Å². The Kier molecular flexibility index (Phi) is 8.94. The largest absolute Gasteiger partial charge is 0.497 e. The molecule has 3 atom stereocenters. The maximum atomic E-state index is 14.8. The molecule has 6 nitrogen and oxygen atoms in total. The van der Waals surface area contributed by atoms with Crippen LogP contribution in [0.15, 0.2) is 47.5 Å². The number of hydrogen-bond donors (Lipinski definition) is 2. The maximum absolute atomic E-state index is 14.8. The van der Waals surface area contributed by atoms with Gasteiger partial charge in [0.05, 0.1) is 24.7 Å². The minimum absolute atomic E-state index is 0.0875. The van der Waals surface area contributed by atoms with Crippen molar-refractivity contribution in [3.8, 4) is 5.75 Å². The first-order valence-electron chi connectivity index (χ1n) is 12.2. The number of ether oxygens (including phenoxy) is 1. The van der Waals surface area contributed by atoms with Crippen molar-refractivity contribution >= 4 is 28.6 Å². The first kappa shape index (κ1) is 27.2. The number of thioether (sulfide) groups is 1. The van der Waals surface area contributed by atoms with Crippen LogP contribution in [-0.4, -0.2) is 53.5 Å². The third kappa shape index (κ3) is 6.74. The smallest absolute Gasteiger partial charge is 0.308 e. The lowest BCUT2D eigenvalue weighted by Gasteiger charge is -2.37. The number of aromatic nitrogens is 1. The van der Waals surface area contributed by atoms with E-state index < -0.39 is 35.4 Å². The van der Waals surface area contributed by atoms with Crippen LogP contribution in [0.4, 0.5) is 13.2 Å². The molecule has 10 heteroatoms. The molecule has 0 saturated carbocycles. The number of aliphatic carboxylic acids is 1. The lowest BCUT2D eigenvalue weighted by Crippen LogP contribution is -2.44. The first-order valence-corrected chi connectivity index (χ1v) is 13.2. The summed E-state index contributed by atoms with van der Waals surface area (Å²) in [5.74, 6) is -2.10. The van der Waals surface area contributed by atoms with E-state index in [-0.39, 0.29) is 5.92 Å². The van der Waals surface area contributed by atoms with Gasteiger partial charge in [-0.1, -0.05) is 0 Å². The van der Waals surface area contributed by atoms with Gasteiger partial charge in [-0.3, -0.25) is 9.78 Å². The van der Waals surface area contributed by atoms with Crippen LogP contribution in [0.2, 0.25) is 0 Å². The van der Waals surface area contributed by atoms with Gasteiger partial charge in [-0.2, -0.15) is 0 Å². The summed E-state index contributed by atoms with van der Waals surface area (Å²) in [5, 5.41) is 10.5. The number of fused-ring (bicyclic) bond motifs is 1. The topological polar surface area (TPSA) is 88.7 Å². The third-order valence-electron chi connectivity index (χ3n) is 6.96. The zero-order valence-corrected chi connectivity index (χ0v) is 21.3. The van der Waals surface area contributed by atoms with Crippen molar-refractivity contribution in [2.45, 2.75) is 30.2 Å². The average molecular weight is 534 g/mol. The Morgan fingerprint density at radius 1 is 1.24 bits per heavy atom. The number of nitrogens with two attached hydrogens (primary N) is 1. The second-order valence-electron chi connectivity index (χ2n) is 9.33. The number of halogens is 3. The van der Waals surface area contributed by atoms with Gasteiger partial charge in [0.25, 0.3) is 0 Å². The van der Waals surface area contributed by atoms with Crippen molar-refractivity contribution in [1.29, 1.82) is 0 Å². The van der Waals surface area contributed by atoms with Crippen LogP contribution < -0.4 is 10.5 Å². The molecule has 1 saturated heterocycles. The number of benzene rings is 2. The van der Waals surface area contributed by atoms with E-state index in [1.165, 1.54) is 37.2 Å². The predicted molar refractivity (Wildman–Crippen MR) is 137 cm³/mol. The predicted octanol–water partition coefficient (Wildman–Crippen LogP) is 5.26. The monoisotopic (exact) mass is 533 g/mol. The lowest BCUT2D eigenvalue weighted by molar-refractivity contribution is -0.146. The van der Waals surface area contributed by atoms with Crippen molar-refractivity contribution in [2.24, 2.45) is 17.6 Å². The van der Waals surface area contributed by atoms with Crippen LogP contribution in [-0.2, 0) is 4.79 Å². The summed E-state index contributed by atoms with van der Waals surface area (Å²) in [6, 6.07) is 8.01. The van der Waals surface area contributed by atoms with E-state index in [0.29, 0.717) is 71.8 Å². The Morgan fingerprint density at radius 3 is 2.70 bits per heavy atom. The number of likely N-dealkylation sites (tertiary alicyclic amines) is 1. The van der Waals surface area contributed by atoms with Gasteiger partial charge >= 0.3 is 5.97 Å². The van der Waals surface area contributed by atoms with Crippen molar-refractivity contribution in [3.05, 3.63) is 65.6 Å². The Balaban J connectivity index is 1.36. The van der Waals surface area contributed by atoms with Gasteiger partial charge in [0, 0.05) is 46.8 Å². The summed E-state index contributed by atoms with van der Waals surface area (Å²) < 4.78 is 46.8. The number of rotatable bonds is 10. The molecule has 2 unspecified atom stereocenters. The fourth-order valence-electron chi connectivity index (χ4n) is 5.01. The lowest BCUT2D eigenvalue weighted by atomic mass is 9.81. The minimum atomic E-state index is -0.867. The number of carboxylic acid groups (broad SMARTS) is 1. The van der Waals surface area contributed by atoms with E-state index >= 15 is 0 Å². The van der Waals surface area contributed by atoms with E-state index in [1.807, 2.05) is 0 Å². The number of methoxy groups -OCH3 is 1. The van der Waals surface area contributed by atoms with Crippen molar-refractivity contribution < 1.29 is 27.8 Å². The average Bonchev–Trinajstić information content (AvgIpc) is 2.86. The van der Waals surface area contributed by atoms with Crippen LogP contribution in [0.1, 0.15) is 30.9 Å². The Bertz CT molecular complexity index is 1240. The van der Waals surface area contributed by atoms with E-state index in [1.54, 1.807) is 18.2 Å². The Morgan fingerprint density at radius 2 is 2.00 bits per heavy atom. The van der Waals surface area contributed by atoms with Gasteiger partial charge < -0.3 is 20.5 Å². The summed E-state index contributed by atoms with van der Waals surface area (Å²) in [6.07, 6.45) is 2.83. The van der Waals surface area contributed by atoms with Crippen LogP contribution in [0.25, 0.3) is 10.9 Å². The summed E-state index contributed by atoms with van der Waals surface area (Å²) in [4.78, 5) is 18.8. The minimum Gasteiger partial charge on any atom is -0.497 e. The molecular weight excluding hydrogens is 503 g/mol. The Hall–Kier alpha value is -2.82. The number of pyridine rings is 1. The standard InChI is InChI=1S/C27H30F3N3O3S/c1-36-19-3-5-25-21(13-19)26(23(30)14-32-25)24(31)4-2-16-6-7-33(15-22(16)27(34)35)8-9-37-20-11-17(28)10-18(29)12-20/h3,5,10-14,16,22,24H,2,4,6-9,15,31H2,1H3,(H,34,35)/t16?,22?,24-/m1/s1. The molecule has 37 heavy (non-hydrogen) atoms. The van der Waals surface area contributed by atoms with Gasteiger partial charge in [-0.05, 0) is 62.1 Å². The van der Waals surface area contributed by atoms with Crippen LogP contribution in [0.5, 0.6) is 5.75 Å². The summed E-state index contributed by atoms with van der Waals surface area (Å²) >= 11 is 1.33. The van der Waals surface area contributed by atoms with Gasteiger partial charge in [0.2, 0.25) is 0 Å². The third-order valence-corrected chi connectivity index (χ3v) is 7.91. The highest BCUT2D eigenvalue weighted by atomic mass is 32.2. The number of piperidine rings is 1. The molecule has 1 aliphatic heterocycles. The molecule has 2 aromatic carbocycles. The fraction of sp³-hybridized carbons (Fsp3) is 0.407. The van der Waals surface area contributed by atoms with Gasteiger partial charge in [-0.15, -0.1) is 11.8 Å². The van der Waals surface area contributed by atoms with Crippen LogP contribution >= 0.6 is 11.8 Å². The summed E-state index contributed by atoms with van der Waals surface area (Å²) in [7, 11) is 1.53. The highest BCUT2D eigenvalue weighted by Crippen LogP contribution is 2.34. The highest BCUT2D eigenvalue weighted by molar-refractivity contribution is 7.99. The molecule has 3 N–H and O–H groups in total. The fourth-order valence-corrected chi connectivity index (χ4v) is 5.99. The van der Waals surface area contributed by atoms with Crippen molar-refractivity contribution in [2.75, 3.05) is 32.5 Å². The van der Waals surface area contributed by atoms with Crippen LogP contribution in [0.3, 0.4) is 0 Å².